The Labute approximate surface area is 164 Å². The summed E-state index contributed by atoms with van der Waals surface area (Å²) in [5.41, 5.74) is 1.31. The molecule has 0 radical (unpaired) electrons. The Morgan fingerprint density at radius 2 is 0.929 bits per heavy atom. The van der Waals surface area contributed by atoms with Gasteiger partial charge in [0.05, 0.1) is 0 Å². The largest absolute Gasteiger partial charge is 0.805 e. The van der Waals surface area contributed by atoms with Gasteiger partial charge in [-0.2, -0.15) is 0 Å². The first-order valence-electron chi connectivity index (χ1n) is 8.39. The fraction of sp³-hybridized carbons (Fsp3) is 0.100. The lowest BCUT2D eigenvalue weighted by Crippen LogP contribution is -1.95. The molecule has 6 nitrogen and oxygen atoms in total. The standard InChI is InChI=1S/C20H18O6P2/c1-15-13-20(26-28(22)24-18-11-7-4-8-12-18)16(2)14-19(15)25-27(21)23-17-9-5-3-6-10-17/h3-14H,1-2H3/q+2. The van der Waals surface area contributed by atoms with Crippen molar-refractivity contribution in [3.63, 3.8) is 0 Å². The van der Waals surface area contributed by atoms with Crippen LogP contribution in [0.2, 0.25) is 0 Å². The maximum atomic E-state index is 12.1. The highest BCUT2D eigenvalue weighted by atomic mass is 31.1. The minimum absolute atomic E-state index is 0.390. The fourth-order valence-corrected chi connectivity index (χ4v) is 3.67. The molecule has 0 aliphatic heterocycles. The molecule has 3 aromatic rings. The third kappa shape index (κ3) is 5.53. The van der Waals surface area contributed by atoms with Gasteiger partial charge in [-0.25, -0.2) is 18.1 Å². The van der Waals surface area contributed by atoms with Crippen LogP contribution in [0.25, 0.3) is 0 Å². The molecule has 2 unspecified atom stereocenters. The molecular weight excluding hydrogens is 398 g/mol. The summed E-state index contributed by atoms with van der Waals surface area (Å²) in [6.07, 6.45) is 0. The summed E-state index contributed by atoms with van der Waals surface area (Å²) in [6, 6.07) is 20.8. The van der Waals surface area contributed by atoms with Crippen molar-refractivity contribution in [2.75, 3.05) is 0 Å². The Balaban J connectivity index is 1.65. The molecule has 0 saturated carbocycles. The summed E-state index contributed by atoms with van der Waals surface area (Å²) in [7, 11) is -4.79. The molecule has 3 rings (SSSR count). The van der Waals surface area contributed by atoms with Crippen LogP contribution in [-0.4, -0.2) is 0 Å². The topological polar surface area (TPSA) is 71.1 Å². The SMILES string of the molecule is Cc1cc(O[P+](=O)Oc2ccccc2)c(C)cc1O[P+](=O)Oc1ccccc1. The van der Waals surface area contributed by atoms with Crippen LogP contribution in [0.3, 0.4) is 0 Å². The first-order valence-corrected chi connectivity index (χ1v) is 10.6. The highest BCUT2D eigenvalue weighted by molar-refractivity contribution is 7.34. The molecule has 0 N–H and O–H groups in total. The lowest BCUT2D eigenvalue weighted by molar-refractivity contribution is 0.408. The molecule has 28 heavy (non-hydrogen) atoms. The first-order chi connectivity index (χ1) is 13.5. The third-order valence-electron chi connectivity index (χ3n) is 3.66. The van der Waals surface area contributed by atoms with Gasteiger partial charge >= 0.3 is 16.5 Å². The van der Waals surface area contributed by atoms with E-state index in [4.69, 9.17) is 18.1 Å². The van der Waals surface area contributed by atoms with Crippen LogP contribution >= 0.6 is 16.5 Å². The van der Waals surface area contributed by atoms with Gasteiger partial charge in [0.15, 0.2) is 23.0 Å². The van der Waals surface area contributed by atoms with E-state index >= 15 is 0 Å². The summed E-state index contributed by atoms with van der Waals surface area (Å²) in [5, 5.41) is 0. The number of rotatable bonds is 8. The monoisotopic (exact) mass is 416 g/mol. The van der Waals surface area contributed by atoms with Gasteiger partial charge in [-0.3, -0.25) is 0 Å². The van der Waals surface area contributed by atoms with E-state index < -0.39 is 16.5 Å². The number of hydrogen-bond donors (Lipinski definition) is 0. The molecule has 3 aromatic carbocycles. The van der Waals surface area contributed by atoms with E-state index in [-0.39, 0.29) is 0 Å². The van der Waals surface area contributed by atoms with Gasteiger partial charge in [0, 0.05) is 20.3 Å². The summed E-state index contributed by atoms with van der Waals surface area (Å²) in [4.78, 5) is 0. The Hall–Kier alpha value is -2.94. The Bertz CT molecular complexity index is 895. The van der Waals surface area contributed by atoms with Crippen molar-refractivity contribution in [1.82, 2.24) is 0 Å². The van der Waals surface area contributed by atoms with Crippen LogP contribution < -0.4 is 18.1 Å². The van der Waals surface area contributed by atoms with Crippen LogP contribution in [0.15, 0.2) is 72.8 Å². The number of hydrogen-bond acceptors (Lipinski definition) is 6. The molecule has 0 aromatic heterocycles. The average Bonchev–Trinajstić information content (AvgIpc) is 2.67. The van der Waals surface area contributed by atoms with Crippen molar-refractivity contribution in [2.24, 2.45) is 0 Å². The molecule has 142 valence electrons. The minimum atomic E-state index is -2.39. The van der Waals surface area contributed by atoms with E-state index in [9.17, 15) is 9.13 Å². The lowest BCUT2D eigenvalue weighted by Gasteiger charge is -2.04. The zero-order chi connectivity index (χ0) is 19.9. The van der Waals surface area contributed by atoms with Crippen LogP contribution in [0.1, 0.15) is 11.1 Å². The maximum Gasteiger partial charge on any atom is 0.805 e. The lowest BCUT2D eigenvalue weighted by atomic mass is 10.1. The van der Waals surface area contributed by atoms with Crippen molar-refractivity contribution >= 4 is 16.5 Å². The van der Waals surface area contributed by atoms with E-state index in [1.807, 2.05) is 12.1 Å². The summed E-state index contributed by atoms with van der Waals surface area (Å²) >= 11 is 0. The Kier molecular flexibility index (Phi) is 6.59. The van der Waals surface area contributed by atoms with Gasteiger partial charge in [-0.05, 0) is 50.2 Å². The van der Waals surface area contributed by atoms with Crippen LogP contribution in [0.4, 0.5) is 0 Å². The molecule has 8 heteroatoms. The molecule has 0 amide bonds. The number of benzene rings is 3. The normalized spacial score (nSPS) is 11.4. The molecule has 0 aliphatic rings. The van der Waals surface area contributed by atoms with E-state index in [1.165, 1.54) is 0 Å². The quantitative estimate of drug-likeness (QED) is 0.389. The molecule has 2 atom stereocenters. The summed E-state index contributed by atoms with van der Waals surface area (Å²) in [5.74, 6) is 1.68. The molecule has 0 spiro atoms. The van der Waals surface area contributed by atoms with Gasteiger partial charge in [0.25, 0.3) is 0 Å². The summed E-state index contributed by atoms with van der Waals surface area (Å²) in [6.45, 7) is 3.52. The second-order valence-electron chi connectivity index (χ2n) is 5.82. The van der Waals surface area contributed by atoms with Crippen LogP contribution in [-0.2, 0) is 9.13 Å². The van der Waals surface area contributed by atoms with Crippen molar-refractivity contribution < 1.29 is 27.2 Å². The third-order valence-corrected chi connectivity index (χ3v) is 5.08. The Morgan fingerprint density at radius 1 is 0.571 bits per heavy atom. The molecule has 0 heterocycles. The molecule has 0 aliphatic carbocycles. The van der Waals surface area contributed by atoms with Gasteiger partial charge in [-0.1, -0.05) is 36.4 Å². The molecule has 0 bridgehead atoms. The zero-order valence-electron chi connectivity index (χ0n) is 15.3. The number of aryl methyl sites for hydroxylation is 2. The maximum absolute atomic E-state index is 12.1. The second-order valence-corrected chi connectivity index (χ2v) is 7.45. The fourth-order valence-electron chi connectivity index (χ4n) is 2.29. The Morgan fingerprint density at radius 3 is 1.29 bits per heavy atom. The van der Waals surface area contributed by atoms with Crippen molar-refractivity contribution in [3.05, 3.63) is 83.9 Å². The molecule has 0 saturated heterocycles. The van der Waals surface area contributed by atoms with Gasteiger partial charge in [-0.15, -0.1) is 0 Å². The average molecular weight is 416 g/mol. The van der Waals surface area contributed by atoms with Crippen molar-refractivity contribution in [2.45, 2.75) is 13.8 Å². The zero-order valence-corrected chi connectivity index (χ0v) is 17.1. The van der Waals surface area contributed by atoms with Gasteiger partial charge < -0.3 is 0 Å². The van der Waals surface area contributed by atoms with Crippen LogP contribution in [0, 0.1) is 13.8 Å². The predicted octanol–water partition coefficient (Wildman–Crippen LogP) is 6.53. The highest BCUT2D eigenvalue weighted by Crippen LogP contribution is 2.38. The summed E-state index contributed by atoms with van der Waals surface area (Å²) < 4.78 is 45.6. The van der Waals surface area contributed by atoms with E-state index in [1.54, 1.807) is 74.5 Å². The van der Waals surface area contributed by atoms with E-state index in [2.05, 4.69) is 0 Å². The molecular formula is C20H18O6P2+2. The predicted molar refractivity (Wildman–Crippen MR) is 107 cm³/mol. The minimum Gasteiger partial charge on any atom is -0.222 e. The number of para-hydroxylation sites is 2. The van der Waals surface area contributed by atoms with Crippen molar-refractivity contribution in [3.8, 4) is 23.0 Å². The van der Waals surface area contributed by atoms with Gasteiger partial charge in [0.2, 0.25) is 0 Å². The highest BCUT2D eigenvalue weighted by Gasteiger charge is 2.29. The smallest absolute Gasteiger partial charge is 0.222 e. The van der Waals surface area contributed by atoms with E-state index in [0.717, 1.165) is 0 Å². The first kappa shape index (κ1) is 19.8. The second kappa shape index (κ2) is 9.32. The van der Waals surface area contributed by atoms with Crippen LogP contribution in [0.5, 0.6) is 23.0 Å². The molecule has 0 fully saturated rings. The van der Waals surface area contributed by atoms with Crippen molar-refractivity contribution in [1.29, 1.82) is 0 Å². The van der Waals surface area contributed by atoms with Gasteiger partial charge in [0.1, 0.15) is 0 Å². The van der Waals surface area contributed by atoms with E-state index in [0.29, 0.717) is 34.1 Å².